The van der Waals surface area contributed by atoms with Gasteiger partial charge in [0, 0.05) is 6.07 Å². The van der Waals surface area contributed by atoms with E-state index in [1.54, 1.807) is 0 Å². The Balaban J connectivity index is 2.97. The summed E-state index contributed by atoms with van der Waals surface area (Å²) in [6.45, 7) is 0. The van der Waals surface area contributed by atoms with Crippen molar-refractivity contribution in [3.05, 3.63) is 23.6 Å². The molecule has 0 fully saturated rings. The molecule has 0 aliphatic rings. The van der Waals surface area contributed by atoms with Gasteiger partial charge in [-0.25, -0.2) is 4.79 Å². The van der Waals surface area contributed by atoms with Gasteiger partial charge in [0.1, 0.15) is 5.56 Å². The molecule has 0 saturated carbocycles. The summed E-state index contributed by atoms with van der Waals surface area (Å²) in [5, 5.41) is 8.35. The van der Waals surface area contributed by atoms with Crippen molar-refractivity contribution in [3.63, 3.8) is 0 Å². The van der Waals surface area contributed by atoms with E-state index in [4.69, 9.17) is 5.11 Å². The molecule has 0 amide bonds. The maximum atomic E-state index is 12.7. The van der Waals surface area contributed by atoms with E-state index in [-0.39, 0.29) is 0 Å². The first kappa shape index (κ1) is 11.2. The van der Waals surface area contributed by atoms with Crippen molar-refractivity contribution in [2.24, 2.45) is 0 Å². The van der Waals surface area contributed by atoms with Gasteiger partial charge >= 0.3 is 12.3 Å². The molecule has 1 N–H and O–H groups in total. The highest BCUT2D eigenvalue weighted by Crippen LogP contribution is 2.21. The Hall–Kier alpha value is -1.86. The molecular weight excluding hydrogens is 222 g/mol. The first-order chi connectivity index (χ1) is 6.79. The lowest BCUT2D eigenvalue weighted by molar-refractivity contribution is -0.276. The van der Waals surface area contributed by atoms with E-state index in [1.807, 2.05) is 0 Å². The molecule has 82 valence electrons. The zero-order chi connectivity index (χ0) is 11.6. The largest absolute Gasteiger partial charge is 0.574 e. The third-order valence-electron chi connectivity index (χ3n) is 1.27. The standard InChI is InChI=1S/C7H3F4NO3/c8-5-3(6(13)14)1-2-4(12-5)15-7(9,10)11/h1-2H,(H,13,14). The monoisotopic (exact) mass is 225 g/mol. The fraction of sp³-hybridized carbons (Fsp3) is 0.143. The highest BCUT2D eigenvalue weighted by molar-refractivity contribution is 5.87. The molecule has 1 aromatic heterocycles. The van der Waals surface area contributed by atoms with Crippen LogP contribution < -0.4 is 4.74 Å². The number of aromatic carboxylic acids is 1. The van der Waals surface area contributed by atoms with E-state index < -0.39 is 29.7 Å². The Labute approximate surface area is 80.1 Å². The lowest BCUT2D eigenvalue weighted by Crippen LogP contribution is -2.18. The lowest BCUT2D eigenvalue weighted by atomic mass is 10.3. The summed E-state index contributed by atoms with van der Waals surface area (Å²) in [5.41, 5.74) is -0.829. The molecule has 1 rings (SSSR count). The smallest absolute Gasteiger partial charge is 0.478 e. The van der Waals surface area contributed by atoms with Gasteiger partial charge in [-0.05, 0) is 6.07 Å². The normalized spacial score (nSPS) is 11.2. The predicted octanol–water partition coefficient (Wildman–Crippen LogP) is 1.82. The van der Waals surface area contributed by atoms with Crippen LogP contribution in [0, 0.1) is 5.95 Å². The van der Waals surface area contributed by atoms with Crippen molar-refractivity contribution in [1.82, 2.24) is 4.98 Å². The van der Waals surface area contributed by atoms with Crippen molar-refractivity contribution in [3.8, 4) is 5.88 Å². The molecule has 0 atom stereocenters. The van der Waals surface area contributed by atoms with Gasteiger partial charge in [0.25, 0.3) is 0 Å². The van der Waals surface area contributed by atoms with E-state index in [1.165, 1.54) is 0 Å². The fourth-order valence-corrected chi connectivity index (χ4v) is 0.753. The first-order valence-corrected chi connectivity index (χ1v) is 3.45. The molecule has 0 bridgehead atoms. The number of hydrogen-bond donors (Lipinski definition) is 1. The zero-order valence-corrected chi connectivity index (χ0v) is 6.88. The van der Waals surface area contributed by atoms with Crippen LogP contribution in [0.2, 0.25) is 0 Å². The number of nitrogens with zero attached hydrogens (tertiary/aromatic N) is 1. The van der Waals surface area contributed by atoms with E-state index >= 15 is 0 Å². The third-order valence-corrected chi connectivity index (χ3v) is 1.27. The van der Waals surface area contributed by atoms with Crippen molar-refractivity contribution in [1.29, 1.82) is 0 Å². The molecular formula is C7H3F4NO3. The Morgan fingerprint density at radius 2 is 2.00 bits per heavy atom. The van der Waals surface area contributed by atoms with Crippen molar-refractivity contribution >= 4 is 5.97 Å². The fourth-order valence-electron chi connectivity index (χ4n) is 0.753. The summed E-state index contributed by atoms with van der Waals surface area (Å²) >= 11 is 0. The van der Waals surface area contributed by atoms with Crippen LogP contribution in [-0.2, 0) is 0 Å². The van der Waals surface area contributed by atoms with Gasteiger partial charge < -0.3 is 9.84 Å². The minimum atomic E-state index is -5.00. The van der Waals surface area contributed by atoms with E-state index in [0.29, 0.717) is 12.1 Å². The number of alkyl halides is 3. The quantitative estimate of drug-likeness (QED) is 0.616. The van der Waals surface area contributed by atoms with E-state index in [9.17, 15) is 22.4 Å². The lowest BCUT2D eigenvalue weighted by Gasteiger charge is -2.07. The van der Waals surface area contributed by atoms with Gasteiger partial charge in [0.05, 0.1) is 0 Å². The first-order valence-electron chi connectivity index (χ1n) is 3.45. The summed E-state index contributed by atoms with van der Waals surface area (Å²) in [4.78, 5) is 13.0. The highest BCUT2D eigenvalue weighted by Gasteiger charge is 2.32. The number of carboxylic acids is 1. The van der Waals surface area contributed by atoms with Crippen LogP contribution >= 0.6 is 0 Å². The third kappa shape index (κ3) is 3.08. The van der Waals surface area contributed by atoms with Crippen molar-refractivity contribution in [2.75, 3.05) is 0 Å². The van der Waals surface area contributed by atoms with Crippen molar-refractivity contribution < 1.29 is 32.2 Å². The summed E-state index contributed by atoms with van der Waals surface area (Å²) < 4.78 is 50.9. The van der Waals surface area contributed by atoms with Gasteiger partial charge in [0.15, 0.2) is 0 Å². The van der Waals surface area contributed by atoms with Crippen LogP contribution in [0.1, 0.15) is 10.4 Å². The van der Waals surface area contributed by atoms with Gasteiger partial charge in [-0.15, -0.1) is 13.2 Å². The Morgan fingerprint density at radius 3 is 2.40 bits per heavy atom. The molecule has 15 heavy (non-hydrogen) atoms. The number of ether oxygens (including phenoxy) is 1. The Bertz CT molecular complexity index is 390. The average Bonchev–Trinajstić information content (AvgIpc) is 1.99. The second-order valence-corrected chi connectivity index (χ2v) is 2.34. The van der Waals surface area contributed by atoms with Gasteiger partial charge in [-0.3, -0.25) is 0 Å². The number of aromatic nitrogens is 1. The topological polar surface area (TPSA) is 59.4 Å². The summed E-state index contributed by atoms with van der Waals surface area (Å²) in [6, 6.07) is 1.24. The molecule has 0 aliphatic carbocycles. The molecule has 0 unspecified atom stereocenters. The number of hydrogen-bond acceptors (Lipinski definition) is 3. The van der Waals surface area contributed by atoms with Gasteiger partial charge in [-0.1, -0.05) is 0 Å². The maximum Gasteiger partial charge on any atom is 0.574 e. The van der Waals surface area contributed by atoms with Crippen LogP contribution in [0.25, 0.3) is 0 Å². The zero-order valence-electron chi connectivity index (χ0n) is 6.88. The Kier molecular flexibility index (Phi) is 2.78. The van der Waals surface area contributed by atoms with Crippen LogP contribution in [0.15, 0.2) is 12.1 Å². The second kappa shape index (κ2) is 3.71. The van der Waals surface area contributed by atoms with Crippen LogP contribution in [0.5, 0.6) is 5.88 Å². The van der Waals surface area contributed by atoms with Gasteiger partial charge in [0.2, 0.25) is 11.8 Å². The minimum Gasteiger partial charge on any atom is -0.478 e. The molecule has 1 heterocycles. The Morgan fingerprint density at radius 1 is 1.40 bits per heavy atom. The molecule has 0 spiro atoms. The minimum absolute atomic E-state index is 0.611. The number of halogens is 4. The second-order valence-electron chi connectivity index (χ2n) is 2.34. The molecule has 0 aliphatic heterocycles. The average molecular weight is 225 g/mol. The SMILES string of the molecule is O=C(O)c1ccc(OC(F)(F)F)nc1F. The predicted molar refractivity (Wildman–Crippen MR) is 37.8 cm³/mol. The summed E-state index contributed by atoms with van der Waals surface area (Å²) in [7, 11) is 0. The molecule has 0 radical (unpaired) electrons. The molecule has 0 saturated heterocycles. The molecule has 0 aromatic carbocycles. The van der Waals surface area contributed by atoms with Crippen molar-refractivity contribution in [2.45, 2.75) is 6.36 Å². The summed E-state index contributed by atoms with van der Waals surface area (Å²) in [5.74, 6) is -4.21. The molecule has 4 nitrogen and oxygen atoms in total. The molecule has 8 heteroatoms. The summed E-state index contributed by atoms with van der Waals surface area (Å²) in [6.07, 6.45) is -5.00. The van der Waals surface area contributed by atoms with E-state index in [2.05, 4.69) is 9.72 Å². The van der Waals surface area contributed by atoms with E-state index in [0.717, 1.165) is 0 Å². The van der Waals surface area contributed by atoms with Crippen LogP contribution in [0.4, 0.5) is 17.6 Å². The highest BCUT2D eigenvalue weighted by atomic mass is 19.4. The number of pyridine rings is 1. The van der Waals surface area contributed by atoms with Gasteiger partial charge in [-0.2, -0.15) is 9.37 Å². The maximum absolute atomic E-state index is 12.7. The number of carboxylic acid groups (broad SMARTS) is 1. The van der Waals surface area contributed by atoms with Crippen LogP contribution in [0.3, 0.4) is 0 Å². The van der Waals surface area contributed by atoms with Crippen LogP contribution in [-0.4, -0.2) is 22.4 Å². The number of carbonyl (C=O) groups is 1. The molecule has 1 aromatic rings. The number of rotatable bonds is 2.